The quantitative estimate of drug-likeness (QED) is 0.404. The van der Waals surface area contributed by atoms with E-state index in [9.17, 15) is 4.79 Å². The molecule has 80 valence electrons. The standard InChI is InChI=1S/C13H16O2/c1-2-3-4-7-10-15-13-9-6-5-8-12(13)11-14/h3-6,8-9,11H,2,7,10H2,1H3. The summed E-state index contributed by atoms with van der Waals surface area (Å²) in [6, 6.07) is 7.26. The van der Waals surface area contributed by atoms with Crippen LogP contribution in [-0.4, -0.2) is 12.9 Å². The van der Waals surface area contributed by atoms with Crippen molar-refractivity contribution >= 4 is 6.29 Å². The lowest BCUT2D eigenvalue weighted by molar-refractivity contribution is 0.111. The highest BCUT2D eigenvalue weighted by atomic mass is 16.5. The number of aldehydes is 1. The predicted molar refractivity (Wildman–Crippen MR) is 61.4 cm³/mol. The van der Waals surface area contributed by atoms with E-state index < -0.39 is 0 Å². The van der Waals surface area contributed by atoms with Crippen molar-refractivity contribution in [2.24, 2.45) is 0 Å². The monoisotopic (exact) mass is 204 g/mol. The van der Waals surface area contributed by atoms with E-state index in [0.29, 0.717) is 17.9 Å². The molecule has 1 rings (SSSR count). The molecule has 0 unspecified atom stereocenters. The van der Waals surface area contributed by atoms with Crippen LogP contribution in [0.3, 0.4) is 0 Å². The molecule has 0 bridgehead atoms. The van der Waals surface area contributed by atoms with Crippen LogP contribution in [0.25, 0.3) is 0 Å². The third-order valence-electron chi connectivity index (χ3n) is 1.99. The van der Waals surface area contributed by atoms with Crippen molar-refractivity contribution in [1.82, 2.24) is 0 Å². The van der Waals surface area contributed by atoms with Crippen molar-refractivity contribution in [3.63, 3.8) is 0 Å². The van der Waals surface area contributed by atoms with Crippen LogP contribution in [0.15, 0.2) is 36.4 Å². The fourth-order valence-electron chi connectivity index (χ4n) is 1.23. The summed E-state index contributed by atoms with van der Waals surface area (Å²) in [5, 5.41) is 0. The van der Waals surface area contributed by atoms with Crippen molar-refractivity contribution in [2.45, 2.75) is 19.8 Å². The number of benzene rings is 1. The fraction of sp³-hybridized carbons (Fsp3) is 0.308. The van der Waals surface area contributed by atoms with Gasteiger partial charge >= 0.3 is 0 Å². The third-order valence-corrected chi connectivity index (χ3v) is 1.99. The average Bonchev–Trinajstić information content (AvgIpc) is 2.29. The summed E-state index contributed by atoms with van der Waals surface area (Å²) in [7, 11) is 0. The van der Waals surface area contributed by atoms with Crippen LogP contribution in [0.4, 0.5) is 0 Å². The van der Waals surface area contributed by atoms with Gasteiger partial charge < -0.3 is 4.74 Å². The van der Waals surface area contributed by atoms with Crippen molar-refractivity contribution < 1.29 is 9.53 Å². The van der Waals surface area contributed by atoms with Crippen molar-refractivity contribution in [2.75, 3.05) is 6.61 Å². The molecule has 0 saturated carbocycles. The van der Waals surface area contributed by atoms with Crippen LogP contribution in [-0.2, 0) is 0 Å². The van der Waals surface area contributed by atoms with Crippen LogP contribution >= 0.6 is 0 Å². The summed E-state index contributed by atoms with van der Waals surface area (Å²) in [5.74, 6) is 0.664. The first kappa shape index (κ1) is 11.5. The van der Waals surface area contributed by atoms with E-state index in [1.165, 1.54) is 0 Å². The molecule has 0 aliphatic carbocycles. The molecule has 0 aromatic heterocycles. The summed E-state index contributed by atoms with van der Waals surface area (Å²) >= 11 is 0. The molecule has 0 aliphatic heterocycles. The van der Waals surface area contributed by atoms with E-state index in [4.69, 9.17) is 4.74 Å². The second-order valence-electron chi connectivity index (χ2n) is 3.17. The number of carbonyl (C=O) groups is 1. The van der Waals surface area contributed by atoms with E-state index in [-0.39, 0.29) is 0 Å². The Morgan fingerprint density at radius 1 is 1.27 bits per heavy atom. The molecule has 0 N–H and O–H groups in total. The molecule has 15 heavy (non-hydrogen) atoms. The summed E-state index contributed by atoms with van der Waals surface area (Å²) in [4.78, 5) is 10.7. The number of ether oxygens (including phenoxy) is 1. The van der Waals surface area contributed by atoms with E-state index in [1.54, 1.807) is 6.07 Å². The SMILES string of the molecule is CCC=CCCOc1ccccc1C=O. The lowest BCUT2D eigenvalue weighted by atomic mass is 10.2. The van der Waals surface area contributed by atoms with E-state index in [2.05, 4.69) is 19.1 Å². The molecule has 0 heterocycles. The maximum absolute atomic E-state index is 10.7. The van der Waals surface area contributed by atoms with Crippen LogP contribution < -0.4 is 4.74 Å². The molecule has 2 heteroatoms. The van der Waals surface area contributed by atoms with E-state index >= 15 is 0 Å². The van der Waals surface area contributed by atoms with Gasteiger partial charge in [0, 0.05) is 0 Å². The Morgan fingerprint density at radius 2 is 2.07 bits per heavy atom. The Balaban J connectivity index is 2.43. The zero-order chi connectivity index (χ0) is 10.9. The summed E-state index contributed by atoms with van der Waals surface area (Å²) in [6.45, 7) is 2.71. The highest BCUT2D eigenvalue weighted by Crippen LogP contribution is 2.15. The van der Waals surface area contributed by atoms with Crippen molar-refractivity contribution in [3.8, 4) is 5.75 Å². The molecule has 0 amide bonds. The number of carbonyl (C=O) groups excluding carboxylic acids is 1. The maximum atomic E-state index is 10.7. The molecule has 0 radical (unpaired) electrons. The molecular weight excluding hydrogens is 188 g/mol. The zero-order valence-electron chi connectivity index (χ0n) is 8.98. The van der Waals surface area contributed by atoms with Gasteiger partial charge in [0.15, 0.2) is 6.29 Å². The molecular formula is C13H16O2. The van der Waals surface area contributed by atoms with Gasteiger partial charge in [0.1, 0.15) is 5.75 Å². The largest absolute Gasteiger partial charge is 0.493 e. The average molecular weight is 204 g/mol. The predicted octanol–water partition coefficient (Wildman–Crippen LogP) is 3.23. The lowest BCUT2D eigenvalue weighted by Crippen LogP contribution is -1.98. The Labute approximate surface area is 90.6 Å². The van der Waals surface area contributed by atoms with Gasteiger partial charge in [-0.25, -0.2) is 0 Å². The second-order valence-corrected chi connectivity index (χ2v) is 3.17. The van der Waals surface area contributed by atoms with E-state index in [0.717, 1.165) is 19.1 Å². The highest BCUT2D eigenvalue weighted by Gasteiger charge is 1.99. The Bertz CT molecular complexity index is 329. The summed E-state index contributed by atoms with van der Waals surface area (Å²) in [6.07, 6.45) is 6.93. The number of hydrogen-bond donors (Lipinski definition) is 0. The van der Waals surface area contributed by atoms with Gasteiger partial charge in [0.2, 0.25) is 0 Å². The summed E-state index contributed by atoms with van der Waals surface area (Å²) < 4.78 is 5.49. The van der Waals surface area contributed by atoms with Crippen LogP contribution in [0.2, 0.25) is 0 Å². The third kappa shape index (κ3) is 3.98. The molecule has 0 fully saturated rings. The Kier molecular flexibility index (Phi) is 5.23. The topological polar surface area (TPSA) is 26.3 Å². The van der Waals surface area contributed by atoms with Gasteiger partial charge in [-0.2, -0.15) is 0 Å². The normalized spacial score (nSPS) is 10.5. The van der Waals surface area contributed by atoms with Gasteiger partial charge in [0.05, 0.1) is 12.2 Å². The Hall–Kier alpha value is -1.57. The Morgan fingerprint density at radius 3 is 2.80 bits per heavy atom. The first-order chi connectivity index (χ1) is 7.38. The van der Waals surface area contributed by atoms with E-state index in [1.807, 2.05) is 18.2 Å². The number of para-hydroxylation sites is 1. The van der Waals surface area contributed by atoms with Gasteiger partial charge in [-0.05, 0) is 25.0 Å². The molecule has 0 saturated heterocycles. The van der Waals surface area contributed by atoms with Crippen molar-refractivity contribution in [1.29, 1.82) is 0 Å². The minimum atomic E-state index is 0.608. The number of hydrogen-bond acceptors (Lipinski definition) is 2. The molecule has 0 atom stereocenters. The van der Waals surface area contributed by atoms with Gasteiger partial charge in [0.25, 0.3) is 0 Å². The first-order valence-corrected chi connectivity index (χ1v) is 5.20. The minimum absolute atomic E-state index is 0.608. The lowest BCUT2D eigenvalue weighted by Gasteiger charge is -2.06. The van der Waals surface area contributed by atoms with Crippen LogP contribution in [0.5, 0.6) is 5.75 Å². The van der Waals surface area contributed by atoms with Gasteiger partial charge in [-0.3, -0.25) is 4.79 Å². The molecule has 2 nitrogen and oxygen atoms in total. The first-order valence-electron chi connectivity index (χ1n) is 5.20. The van der Waals surface area contributed by atoms with Crippen molar-refractivity contribution in [3.05, 3.63) is 42.0 Å². The van der Waals surface area contributed by atoms with Gasteiger partial charge in [-0.1, -0.05) is 31.2 Å². The second kappa shape index (κ2) is 6.82. The highest BCUT2D eigenvalue weighted by molar-refractivity contribution is 5.79. The zero-order valence-corrected chi connectivity index (χ0v) is 8.98. The van der Waals surface area contributed by atoms with Gasteiger partial charge in [-0.15, -0.1) is 0 Å². The smallest absolute Gasteiger partial charge is 0.153 e. The fourth-order valence-corrected chi connectivity index (χ4v) is 1.23. The number of allylic oxidation sites excluding steroid dienone is 1. The minimum Gasteiger partial charge on any atom is -0.493 e. The molecule has 0 aliphatic rings. The molecule has 0 spiro atoms. The van der Waals surface area contributed by atoms with Crippen LogP contribution in [0.1, 0.15) is 30.1 Å². The van der Waals surface area contributed by atoms with Crippen LogP contribution in [0, 0.1) is 0 Å². The summed E-state index contributed by atoms with van der Waals surface area (Å²) in [5.41, 5.74) is 0.608. The maximum Gasteiger partial charge on any atom is 0.153 e. The molecule has 1 aromatic rings. The molecule has 1 aromatic carbocycles. The number of rotatable bonds is 6.